The Morgan fingerprint density at radius 1 is 1.07 bits per heavy atom. The first-order chi connectivity index (χ1) is 14.7. The van der Waals surface area contributed by atoms with Crippen LogP contribution < -0.4 is 10.6 Å². The van der Waals surface area contributed by atoms with Gasteiger partial charge in [0.05, 0.1) is 12.8 Å². The highest BCUT2D eigenvalue weighted by atomic mass is 16.3. The van der Waals surface area contributed by atoms with Crippen LogP contribution in [0.3, 0.4) is 0 Å². The molecule has 2 aromatic heterocycles. The van der Waals surface area contributed by atoms with E-state index in [9.17, 15) is 4.79 Å². The summed E-state index contributed by atoms with van der Waals surface area (Å²) in [5.74, 6) is 1.68. The number of urea groups is 1. The van der Waals surface area contributed by atoms with Gasteiger partial charge in [-0.15, -0.1) is 5.10 Å². The molecule has 2 aliphatic rings. The van der Waals surface area contributed by atoms with Crippen molar-refractivity contribution < 1.29 is 9.21 Å². The van der Waals surface area contributed by atoms with Crippen molar-refractivity contribution in [3.63, 3.8) is 0 Å². The van der Waals surface area contributed by atoms with Gasteiger partial charge in [-0.2, -0.15) is 0 Å². The van der Waals surface area contributed by atoms with Gasteiger partial charge < -0.3 is 15.1 Å². The van der Waals surface area contributed by atoms with E-state index >= 15 is 0 Å². The third-order valence-electron chi connectivity index (χ3n) is 6.07. The predicted octanol–water partition coefficient (Wildman–Crippen LogP) is 2.63. The highest BCUT2D eigenvalue weighted by Crippen LogP contribution is 2.36. The van der Waals surface area contributed by atoms with Gasteiger partial charge in [-0.05, 0) is 60.4 Å². The number of rotatable bonds is 6. The summed E-state index contributed by atoms with van der Waals surface area (Å²) >= 11 is 0. The molecule has 2 fully saturated rings. The molecule has 1 aromatic carbocycles. The zero-order chi connectivity index (χ0) is 20.3. The van der Waals surface area contributed by atoms with Gasteiger partial charge in [-0.1, -0.05) is 18.2 Å². The number of carbonyl (C=O) groups excluding carboxylic acids is 1. The van der Waals surface area contributed by atoms with Crippen LogP contribution in [0.15, 0.2) is 53.1 Å². The predicted molar refractivity (Wildman–Crippen MR) is 110 cm³/mol. The molecule has 2 saturated heterocycles. The van der Waals surface area contributed by atoms with Gasteiger partial charge in [0.15, 0.2) is 5.82 Å². The average molecular weight is 407 g/mol. The molecule has 2 aliphatic heterocycles. The fourth-order valence-corrected chi connectivity index (χ4v) is 4.70. The SMILES string of the molecule is O=C(Nc1ccccc1)NC1CC2CCC(C1)N2Cc1nnnn1Cc1ccco1. The second-order valence-corrected chi connectivity index (χ2v) is 8.02. The number of furan rings is 1. The van der Waals surface area contributed by atoms with Crippen molar-refractivity contribution in [2.45, 2.75) is 56.9 Å². The lowest BCUT2D eigenvalue weighted by molar-refractivity contribution is 0.107. The van der Waals surface area contributed by atoms with E-state index in [0.717, 1.165) is 43.0 Å². The Kier molecular flexibility index (Phi) is 5.18. The van der Waals surface area contributed by atoms with E-state index in [1.807, 2.05) is 42.5 Å². The molecule has 0 spiro atoms. The van der Waals surface area contributed by atoms with E-state index < -0.39 is 0 Å². The number of hydrogen-bond donors (Lipinski definition) is 2. The second kappa shape index (κ2) is 8.27. The van der Waals surface area contributed by atoms with Crippen molar-refractivity contribution in [2.75, 3.05) is 5.32 Å². The van der Waals surface area contributed by atoms with E-state index in [-0.39, 0.29) is 12.1 Å². The first-order valence-electron chi connectivity index (χ1n) is 10.4. The Hall–Kier alpha value is -3.20. The molecule has 156 valence electrons. The van der Waals surface area contributed by atoms with Gasteiger partial charge in [0.25, 0.3) is 0 Å². The summed E-state index contributed by atoms with van der Waals surface area (Å²) in [5, 5.41) is 18.3. The summed E-state index contributed by atoms with van der Waals surface area (Å²) in [5.41, 5.74) is 0.804. The van der Waals surface area contributed by atoms with Crippen LogP contribution in [0.4, 0.5) is 10.5 Å². The van der Waals surface area contributed by atoms with Crippen LogP contribution in [0, 0.1) is 0 Å². The molecule has 3 aromatic rings. The van der Waals surface area contributed by atoms with Gasteiger partial charge in [-0.25, -0.2) is 9.48 Å². The van der Waals surface area contributed by atoms with E-state index in [2.05, 4.69) is 31.1 Å². The lowest BCUT2D eigenvalue weighted by atomic mass is 9.97. The number of aromatic nitrogens is 4. The van der Waals surface area contributed by atoms with Gasteiger partial charge in [-0.3, -0.25) is 4.90 Å². The number of hydrogen-bond acceptors (Lipinski definition) is 6. The fraction of sp³-hybridized carbons (Fsp3) is 0.429. The molecule has 30 heavy (non-hydrogen) atoms. The van der Waals surface area contributed by atoms with Crippen LogP contribution in [-0.2, 0) is 13.1 Å². The number of benzene rings is 1. The second-order valence-electron chi connectivity index (χ2n) is 8.02. The van der Waals surface area contributed by atoms with Crippen LogP contribution in [0.2, 0.25) is 0 Å². The summed E-state index contributed by atoms with van der Waals surface area (Å²) in [6.45, 7) is 1.24. The quantitative estimate of drug-likeness (QED) is 0.651. The van der Waals surface area contributed by atoms with Crippen molar-refractivity contribution in [3.05, 3.63) is 60.3 Å². The fourth-order valence-electron chi connectivity index (χ4n) is 4.70. The summed E-state index contributed by atoms with van der Waals surface area (Å²) < 4.78 is 7.23. The Morgan fingerprint density at radius 3 is 2.60 bits per heavy atom. The number of para-hydroxylation sites is 1. The number of anilines is 1. The lowest BCUT2D eigenvalue weighted by Crippen LogP contribution is -2.51. The molecular formula is C21H25N7O2. The first-order valence-corrected chi connectivity index (χ1v) is 10.4. The van der Waals surface area contributed by atoms with Gasteiger partial charge >= 0.3 is 6.03 Å². The molecule has 2 atom stereocenters. The zero-order valence-electron chi connectivity index (χ0n) is 16.6. The Labute approximate surface area is 174 Å². The summed E-state index contributed by atoms with van der Waals surface area (Å²) in [6.07, 6.45) is 5.83. The van der Waals surface area contributed by atoms with Crippen LogP contribution >= 0.6 is 0 Å². The molecule has 2 N–H and O–H groups in total. The Balaban J connectivity index is 1.18. The number of amides is 2. The topological polar surface area (TPSA) is 101 Å². The number of piperidine rings is 1. The smallest absolute Gasteiger partial charge is 0.319 e. The van der Waals surface area contributed by atoms with E-state index in [4.69, 9.17) is 4.42 Å². The summed E-state index contributed by atoms with van der Waals surface area (Å²) in [4.78, 5) is 14.9. The van der Waals surface area contributed by atoms with Crippen molar-refractivity contribution in [3.8, 4) is 0 Å². The largest absolute Gasteiger partial charge is 0.467 e. The Morgan fingerprint density at radius 2 is 1.87 bits per heavy atom. The van der Waals surface area contributed by atoms with Crippen molar-refractivity contribution in [1.29, 1.82) is 0 Å². The molecule has 0 aliphatic carbocycles. The van der Waals surface area contributed by atoms with Crippen LogP contribution in [0.5, 0.6) is 0 Å². The molecule has 0 radical (unpaired) electrons. The molecule has 5 rings (SSSR count). The molecular weight excluding hydrogens is 382 g/mol. The monoisotopic (exact) mass is 407 g/mol. The maximum atomic E-state index is 12.4. The summed E-state index contributed by atoms with van der Waals surface area (Å²) in [7, 11) is 0. The standard InChI is InChI=1S/C21H25N7O2/c29-21(22-15-5-2-1-3-6-15)23-16-11-17-8-9-18(12-16)27(17)14-20-24-25-26-28(20)13-19-7-4-10-30-19/h1-7,10,16-18H,8-9,11-14H2,(H2,22,23,29). The lowest BCUT2D eigenvalue weighted by Gasteiger charge is -2.38. The minimum atomic E-state index is -0.138. The average Bonchev–Trinajstić information content (AvgIpc) is 3.46. The zero-order valence-corrected chi connectivity index (χ0v) is 16.6. The van der Waals surface area contributed by atoms with Crippen molar-refractivity contribution >= 4 is 11.7 Å². The molecule has 2 amide bonds. The minimum absolute atomic E-state index is 0.138. The number of carbonyl (C=O) groups is 1. The molecule has 0 saturated carbocycles. The maximum Gasteiger partial charge on any atom is 0.319 e. The number of nitrogens with one attached hydrogen (secondary N) is 2. The highest BCUT2D eigenvalue weighted by Gasteiger charge is 2.41. The normalized spacial score (nSPS) is 23.4. The molecule has 2 bridgehead atoms. The third kappa shape index (κ3) is 4.06. The number of fused-ring (bicyclic) bond motifs is 2. The maximum absolute atomic E-state index is 12.4. The van der Waals surface area contributed by atoms with Crippen LogP contribution in [-0.4, -0.2) is 49.3 Å². The Bertz CT molecular complexity index is 958. The van der Waals surface area contributed by atoms with Gasteiger partial charge in [0.1, 0.15) is 12.3 Å². The van der Waals surface area contributed by atoms with Crippen LogP contribution in [0.25, 0.3) is 0 Å². The highest BCUT2D eigenvalue weighted by molar-refractivity contribution is 5.89. The van der Waals surface area contributed by atoms with E-state index in [1.54, 1.807) is 10.9 Å². The van der Waals surface area contributed by atoms with Gasteiger partial charge in [0.2, 0.25) is 0 Å². The molecule has 2 unspecified atom stereocenters. The van der Waals surface area contributed by atoms with E-state index in [1.165, 1.54) is 0 Å². The van der Waals surface area contributed by atoms with Crippen molar-refractivity contribution in [1.82, 2.24) is 30.4 Å². The number of tetrazole rings is 1. The number of nitrogens with zero attached hydrogens (tertiary/aromatic N) is 5. The van der Waals surface area contributed by atoms with E-state index in [0.29, 0.717) is 25.2 Å². The van der Waals surface area contributed by atoms with Crippen LogP contribution in [0.1, 0.15) is 37.3 Å². The first kappa shape index (κ1) is 18.8. The van der Waals surface area contributed by atoms with Crippen molar-refractivity contribution in [2.24, 2.45) is 0 Å². The minimum Gasteiger partial charge on any atom is -0.467 e. The van der Waals surface area contributed by atoms with Gasteiger partial charge in [0, 0.05) is 23.8 Å². The molecule has 4 heterocycles. The summed E-state index contributed by atoms with van der Waals surface area (Å²) in [6, 6.07) is 14.2. The molecule has 9 heteroatoms. The third-order valence-corrected chi connectivity index (χ3v) is 6.07. The molecule has 9 nitrogen and oxygen atoms in total.